The highest BCUT2D eigenvalue weighted by Gasteiger charge is 2.42. The van der Waals surface area contributed by atoms with Gasteiger partial charge >= 0.3 is 0 Å². The molecule has 4 rings (SSSR count). The number of nitrogens with zero attached hydrogens (tertiary/aromatic N) is 4. The van der Waals surface area contributed by atoms with Gasteiger partial charge in [0.15, 0.2) is 0 Å². The molecule has 0 unspecified atom stereocenters. The maximum atomic E-state index is 12.7. The van der Waals surface area contributed by atoms with Crippen LogP contribution in [-0.2, 0) is 16.6 Å². The van der Waals surface area contributed by atoms with E-state index in [-0.39, 0.29) is 29.7 Å². The lowest BCUT2D eigenvalue weighted by Gasteiger charge is -2.17. The summed E-state index contributed by atoms with van der Waals surface area (Å²) in [7, 11) is 3.38. The van der Waals surface area contributed by atoms with Gasteiger partial charge in [0, 0.05) is 44.4 Å². The van der Waals surface area contributed by atoms with Crippen LogP contribution in [0, 0.1) is 5.92 Å². The molecule has 10 heteroatoms. The quantitative estimate of drug-likeness (QED) is 0.511. The third-order valence-corrected chi connectivity index (χ3v) is 5.58. The largest absolute Gasteiger partial charge is 0.383 e. The Balaban J connectivity index is 1.53. The number of aryl methyl sites for hydroxylation is 1. The SMILES string of the molecule is COCCNC(=O)[C@H]1C[C@H](NC(=O)c2cn(C)cn2)[C@H](c2nc(-c3ccccc3)no2)C1. The molecule has 1 aliphatic carbocycles. The molecular weight excluding hydrogens is 412 g/mol. The molecule has 10 nitrogen and oxygen atoms in total. The highest BCUT2D eigenvalue weighted by molar-refractivity contribution is 5.92. The topological polar surface area (TPSA) is 124 Å². The molecule has 0 spiro atoms. The fourth-order valence-corrected chi connectivity index (χ4v) is 3.97. The van der Waals surface area contributed by atoms with E-state index < -0.39 is 0 Å². The minimum atomic E-state index is -0.341. The molecule has 0 radical (unpaired) electrons. The van der Waals surface area contributed by atoms with E-state index in [2.05, 4.69) is 25.8 Å². The molecule has 1 fully saturated rings. The summed E-state index contributed by atoms with van der Waals surface area (Å²) < 4.78 is 12.3. The average molecular weight is 438 g/mol. The standard InChI is InChI=1S/C22H26N6O4/c1-28-12-18(24-13-28)21(30)25-17-11-15(20(29)23-8-9-31-2)10-16(17)22-26-19(27-32-22)14-6-4-3-5-7-14/h3-7,12-13,15-17H,8-11H2,1-2H3,(H,23,29)(H,25,30)/t15-,16-,17+/m1/s1. The van der Waals surface area contributed by atoms with Crippen LogP contribution in [0.1, 0.15) is 35.1 Å². The molecule has 2 N–H and O–H groups in total. The van der Waals surface area contributed by atoms with Crippen molar-refractivity contribution >= 4 is 11.8 Å². The number of imidazole rings is 1. The third-order valence-electron chi connectivity index (χ3n) is 5.58. The Labute approximate surface area is 185 Å². The van der Waals surface area contributed by atoms with Gasteiger partial charge in [0.2, 0.25) is 17.6 Å². The molecule has 2 amide bonds. The maximum Gasteiger partial charge on any atom is 0.271 e. The van der Waals surface area contributed by atoms with Gasteiger partial charge in [-0.3, -0.25) is 9.59 Å². The molecular formula is C22H26N6O4. The first kappa shape index (κ1) is 21.7. The minimum Gasteiger partial charge on any atom is -0.383 e. The summed E-state index contributed by atoms with van der Waals surface area (Å²) in [6.07, 6.45) is 4.17. The third kappa shape index (κ3) is 4.86. The van der Waals surface area contributed by atoms with Crippen LogP contribution in [-0.4, -0.2) is 57.8 Å². The molecule has 2 heterocycles. The summed E-state index contributed by atoms with van der Waals surface area (Å²) in [6.45, 7) is 0.867. The Bertz CT molecular complexity index is 1060. The summed E-state index contributed by atoms with van der Waals surface area (Å²) in [5.74, 6) is -0.0807. The molecule has 1 aromatic carbocycles. The van der Waals surface area contributed by atoms with E-state index in [0.717, 1.165) is 5.56 Å². The minimum absolute atomic E-state index is 0.0792. The van der Waals surface area contributed by atoms with E-state index in [4.69, 9.17) is 9.26 Å². The van der Waals surface area contributed by atoms with Crippen LogP contribution >= 0.6 is 0 Å². The number of amides is 2. The highest BCUT2D eigenvalue weighted by Crippen LogP contribution is 2.39. The number of carbonyl (C=O) groups is 2. The number of hydrogen-bond acceptors (Lipinski definition) is 7. The summed E-state index contributed by atoms with van der Waals surface area (Å²) >= 11 is 0. The Hall–Kier alpha value is -3.53. The van der Waals surface area contributed by atoms with Gasteiger partial charge < -0.3 is 24.5 Å². The molecule has 32 heavy (non-hydrogen) atoms. The number of benzene rings is 1. The summed E-state index contributed by atoms with van der Waals surface area (Å²) in [5.41, 5.74) is 1.15. The van der Waals surface area contributed by atoms with Crippen molar-refractivity contribution < 1.29 is 18.8 Å². The lowest BCUT2D eigenvalue weighted by Crippen LogP contribution is -2.37. The first-order valence-electron chi connectivity index (χ1n) is 10.5. The molecule has 2 aromatic heterocycles. The second kappa shape index (κ2) is 9.73. The van der Waals surface area contributed by atoms with E-state index in [1.54, 1.807) is 31.2 Å². The Morgan fingerprint density at radius 1 is 1.25 bits per heavy atom. The monoisotopic (exact) mass is 438 g/mol. The van der Waals surface area contributed by atoms with Crippen LogP contribution in [0.5, 0.6) is 0 Å². The Kier molecular flexibility index (Phi) is 6.60. The summed E-state index contributed by atoms with van der Waals surface area (Å²) in [5, 5.41) is 9.99. The van der Waals surface area contributed by atoms with Crippen LogP contribution < -0.4 is 10.6 Å². The molecule has 1 aliphatic rings. The van der Waals surface area contributed by atoms with Crippen molar-refractivity contribution in [1.29, 1.82) is 0 Å². The number of carbonyl (C=O) groups excluding carboxylic acids is 2. The maximum absolute atomic E-state index is 12.7. The van der Waals surface area contributed by atoms with Crippen LogP contribution in [0.25, 0.3) is 11.4 Å². The van der Waals surface area contributed by atoms with E-state index >= 15 is 0 Å². The van der Waals surface area contributed by atoms with Crippen LogP contribution in [0.2, 0.25) is 0 Å². The number of aromatic nitrogens is 4. The van der Waals surface area contributed by atoms with Gasteiger partial charge in [0.25, 0.3) is 5.91 Å². The molecule has 0 saturated heterocycles. The van der Waals surface area contributed by atoms with E-state index in [1.165, 1.54) is 0 Å². The second-order valence-corrected chi connectivity index (χ2v) is 7.89. The fourth-order valence-electron chi connectivity index (χ4n) is 3.97. The smallest absolute Gasteiger partial charge is 0.271 e. The molecule has 168 valence electrons. The average Bonchev–Trinajstić information content (AvgIpc) is 3.54. The number of ether oxygens (including phenoxy) is 1. The lowest BCUT2D eigenvalue weighted by molar-refractivity contribution is -0.125. The fraction of sp³-hybridized carbons (Fsp3) is 0.409. The van der Waals surface area contributed by atoms with Crippen molar-refractivity contribution in [3.8, 4) is 11.4 Å². The van der Waals surface area contributed by atoms with Crippen LogP contribution in [0.3, 0.4) is 0 Å². The number of methoxy groups -OCH3 is 1. The zero-order valence-corrected chi connectivity index (χ0v) is 18.0. The normalized spacial score (nSPS) is 20.2. The van der Waals surface area contributed by atoms with Crippen LogP contribution in [0.4, 0.5) is 0 Å². The molecule has 0 bridgehead atoms. The Morgan fingerprint density at radius 3 is 2.78 bits per heavy atom. The van der Waals surface area contributed by atoms with Crippen molar-refractivity contribution in [2.45, 2.75) is 24.8 Å². The summed E-state index contributed by atoms with van der Waals surface area (Å²) in [6, 6.07) is 9.17. The molecule has 0 aliphatic heterocycles. The predicted octanol–water partition coefficient (Wildman–Crippen LogP) is 1.52. The zero-order chi connectivity index (χ0) is 22.5. The van der Waals surface area contributed by atoms with Gasteiger partial charge in [0.1, 0.15) is 5.69 Å². The van der Waals surface area contributed by atoms with Gasteiger partial charge in [-0.2, -0.15) is 4.98 Å². The van der Waals surface area contributed by atoms with Gasteiger partial charge in [-0.1, -0.05) is 35.5 Å². The predicted molar refractivity (Wildman–Crippen MR) is 115 cm³/mol. The van der Waals surface area contributed by atoms with Gasteiger partial charge in [0.05, 0.1) is 18.9 Å². The van der Waals surface area contributed by atoms with Crippen molar-refractivity contribution in [3.63, 3.8) is 0 Å². The van der Waals surface area contributed by atoms with Crippen molar-refractivity contribution in [1.82, 2.24) is 30.3 Å². The van der Waals surface area contributed by atoms with Crippen molar-refractivity contribution in [2.24, 2.45) is 13.0 Å². The van der Waals surface area contributed by atoms with E-state index in [9.17, 15) is 9.59 Å². The highest BCUT2D eigenvalue weighted by atomic mass is 16.5. The molecule has 1 saturated carbocycles. The van der Waals surface area contributed by atoms with Gasteiger partial charge in [-0.05, 0) is 12.8 Å². The second-order valence-electron chi connectivity index (χ2n) is 7.89. The lowest BCUT2D eigenvalue weighted by atomic mass is 10.0. The summed E-state index contributed by atoms with van der Waals surface area (Å²) in [4.78, 5) is 34.1. The van der Waals surface area contributed by atoms with Crippen LogP contribution in [0.15, 0.2) is 47.4 Å². The van der Waals surface area contributed by atoms with Crippen molar-refractivity contribution in [2.75, 3.05) is 20.3 Å². The van der Waals surface area contributed by atoms with Gasteiger partial charge in [-0.15, -0.1) is 0 Å². The number of nitrogens with one attached hydrogen (secondary N) is 2. The van der Waals surface area contributed by atoms with E-state index in [1.807, 2.05) is 30.3 Å². The first-order valence-corrected chi connectivity index (χ1v) is 10.5. The number of hydrogen-bond donors (Lipinski definition) is 2. The van der Waals surface area contributed by atoms with Crippen molar-refractivity contribution in [3.05, 3.63) is 54.4 Å². The van der Waals surface area contributed by atoms with E-state index in [0.29, 0.717) is 43.4 Å². The number of rotatable bonds is 8. The van der Waals surface area contributed by atoms with Gasteiger partial charge in [-0.25, -0.2) is 4.98 Å². The zero-order valence-electron chi connectivity index (χ0n) is 18.0. The first-order chi connectivity index (χ1) is 15.5. The Morgan fingerprint density at radius 2 is 2.06 bits per heavy atom. The molecule has 3 aromatic rings. The molecule has 3 atom stereocenters.